The first-order valence-electron chi connectivity index (χ1n) is 16.3. The van der Waals surface area contributed by atoms with Crippen molar-refractivity contribution >= 4 is 58.5 Å². The van der Waals surface area contributed by atoms with E-state index in [-0.39, 0.29) is 45.7 Å². The monoisotopic (exact) mass is 711 g/mol. The molecule has 0 aromatic heterocycles. The molecule has 0 saturated carbocycles. The molecule has 0 aliphatic heterocycles. The molecule has 5 aromatic rings. The molecule has 1 aliphatic carbocycles. The van der Waals surface area contributed by atoms with E-state index in [1.54, 1.807) is 103 Å². The average molecular weight is 712 g/mol. The number of phenols is 1. The molecule has 52 heavy (non-hydrogen) atoms. The number of carbonyl (C=O) groups excluding carboxylic acids is 5. The zero-order valence-corrected chi connectivity index (χ0v) is 29.0. The molecule has 10 nitrogen and oxygen atoms in total. The molecule has 4 N–H and O–H groups in total. The van der Waals surface area contributed by atoms with Crippen molar-refractivity contribution in [2.45, 2.75) is 23.5 Å². The highest BCUT2D eigenvalue weighted by atomic mass is 32.2. The van der Waals surface area contributed by atoms with Gasteiger partial charge in [-0.25, -0.2) is 0 Å². The number of methoxy groups -OCH3 is 1. The molecule has 3 amide bonds. The lowest BCUT2D eigenvalue weighted by Crippen LogP contribution is -2.30. The second-order valence-electron chi connectivity index (χ2n) is 11.7. The maximum atomic E-state index is 13.7. The van der Waals surface area contributed by atoms with Crippen LogP contribution in [0.15, 0.2) is 126 Å². The van der Waals surface area contributed by atoms with Crippen molar-refractivity contribution in [2.24, 2.45) is 0 Å². The number of ether oxygens (including phenoxy) is 1. The quantitative estimate of drug-likeness (QED) is 0.0822. The normalized spacial score (nSPS) is 12.6. The van der Waals surface area contributed by atoms with Crippen molar-refractivity contribution in [3.05, 3.63) is 154 Å². The van der Waals surface area contributed by atoms with Crippen LogP contribution < -0.4 is 20.7 Å². The molecule has 0 fully saturated rings. The number of benzene rings is 5. The minimum atomic E-state index is -0.624. The predicted molar refractivity (Wildman–Crippen MR) is 200 cm³/mol. The third kappa shape index (κ3) is 7.64. The highest BCUT2D eigenvalue weighted by molar-refractivity contribution is 8.00. The van der Waals surface area contributed by atoms with Gasteiger partial charge < -0.3 is 25.8 Å². The van der Waals surface area contributed by atoms with Crippen molar-refractivity contribution < 1.29 is 33.8 Å². The Bertz CT molecular complexity index is 2250. The fourth-order valence-corrected chi connectivity index (χ4v) is 6.72. The predicted octanol–water partition coefficient (Wildman–Crippen LogP) is 7.10. The number of hydrogen-bond donors (Lipinski definition) is 4. The number of ketones is 2. The van der Waals surface area contributed by atoms with E-state index in [0.29, 0.717) is 45.0 Å². The summed E-state index contributed by atoms with van der Waals surface area (Å²) < 4.78 is 5.37. The summed E-state index contributed by atoms with van der Waals surface area (Å²) >= 11 is 1.27. The first kappa shape index (κ1) is 35.4. The van der Waals surface area contributed by atoms with Crippen molar-refractivity contribution in [3.63, 3.8) is 0 Å². The van der Waals surface area contributed by atoms with Crippen LogP contribution in [0.1, 0.15) is 61.1 Å². The standard InChI is InChI=1S/C41H33N3O7S/c1-3-35(41(50)43-32-18-10-17-31-36(32)38(47)30-16-8-7-15-29(30)37(31)46)52-28-14-9-13-26(22-28)42-40(49)33(44-39(48)24-11-5-4-6-12-24)21-25-19-20-27(45)23-34(25)51-2/h4-23,35,45H,3H2,1-2H3,(H,42,49)(H,43,50)(H,44,48)/b33-21+. The zero-order chi connectivity index (χ0) is 36.8. The minimum Gasteiger partial charge on any atom is -0.508 e. The molecule has 1 unspecified atom stereocenters. The molecule has 0 saturated heterocycles. The molecular formula is C41H33N3O7S. The van der Waals surface area contributed by atoms with Gasteiger partial charge in [0.15, 0.2) is 11.6 Å². The maximum absolute atomic E-state index is 13.7. The Morgan fingerprint density at radius 3 is 2.21 bits per heavy atom. The van der Waals surface area contributed by atoms with Crippen molar-refractivity contribution in [3.8, 4) is 11.5 Å². The summed E-state index contributed by atoms with van der Waals surface area (Å²) in [6.07, 6.45) is 1.88. The topological polar surface area (TPSA) is 151 Å². The van der Waals surface area contributed by atoms with E-state index in [9.17, 15) is 29.1 Å². The second kappa shape index (κ2) is 15.6. The smallest absolute Gasteiger partial charge is 0.272 e. The number of hydrogen-bond acceptors (Lipinski definition) is 8. The van der Waals surface area contributed by atoms with Crippen LogP contribution in [0.4, 0.5) is 11.4 Å². The number of nitrogens with one attached hydrogen (secondary N) is 3. The lowest BCUT2D eigenvalue weighted by Gasteiger charge is -2.21. The maximum Gasteiger partial charge on any atom is 0.272 e. The van der Waals surface area contributed by atoms with E-state index in [0.717, 1.165) is 0 Å². The number of fused-ring (bicyclic) bond motifs is 2. The van der Waals surface area contributed by atoms with Crippen LogP contribution in [-0.2, 0) is 9.59 Å². The van der Waals surface area contributed by atoms with Crippen molar-refractivity contribution in [1.29, 1.82) is 0 Å². The van der Waals surface area contributed by atoms with Gasteiger partial charge in [-0.2, -0.15) is 0 Å². The van der Waals surface area contributed by atoms with Gasteiger partial charge in [0.2, 0.25) is 5.91 Å². The molecule has 5 aromatic carbocycles. The third-order valence-corrected chi connectivity index (χ3v) is 9.65. The van der Waals surface area contributed by atoms with Crippen molar-refractivity contribution in [1.82, 2.24) is 5.32 Å². The van der Waals surface area contributed by atoms with Gasteiger partial charge in [0.05, 0.1) is 23.6 Å². The number of amides is 3. The Hall–Kier alpha value is -6.46. The first-order chi connectivity index (χ1) is 25.2. The largest absolute Gasteiger partial charge is 0.508 e. The number of anilines is 2. The summed E-state index contributed by atoms with van der Waals surface area (Å²) in [6, 6.07) is 31.2. The van der Waals surface area contributed by atoms with Crippen LogP contribution in [0, 0.1) is 0 Å². The molecule has 260 valence electrons. The molecule has 0 radical (unpaired) electrons. The molecule has 1 atom stereocenters. The number of aromatic hydroxyl groups is 1. The lowest BCUT2D eigenvalue weighted by molar-refractivity contribution is -0.116. The fourth-order valence-electron chi connectivity index (χ4n) is 5.71. The highest BCUT2D eigenvalue weighted by Crippen LogP contribution is 2.34. The van der Waals surface area contributed by atoms with Gasteiger partial charge in [-0.05, 0) is 61.0 Å². The molecule has 0 bridgehead atoms. The van der Waals surface area contributed by atoms with E-state index in [1.165, 1.54) is 37.1 Å². The Balaban J connectivity index is 1.20. The summed E-state index contributed by atoms with van der Waals surface area (Å²) in [5.74, 6) is -1.83. The van der Waals surface area contributed by atoms with Gasteiger partial charge in [-0.3, -0.25) is 24.0 Å². The summed E-state index contributed by atoms with van der Waals surface area (Å²) in [7, 11) is 1.43. The molecule has 6 rings (SSSR count). The van der Waals surface area contributed by atoms with E-state index >= 15 is 0 Å². The zero-order valence-electron chi connectivity index (χ0n) is 28.1. The van der Waals surface area contributed by atoms with Crippen LogP contribution >= 0.6 is 11.8 Å². The first-order valence-corrected chi connectivity index (χ1v) is 17.2. The van der Waals surface area contributed by atoms with Crippen LogP contribution in [0.3, 0.4) is 0 Å². The van der Waals surface area contributed by atoms with E-state index in [2.05, 4.69) is 16.0 Å². The van der Waals surface area contributed by atoms with Crippen LogP contribution in [-0.4, -0.2) is 46.8 Å². The number of rotatable bonds is 11. The number of carbonyl (C=O) groups is 5. The molecule has 0 spiro atoms. The summed E-state index contributed by atoms with van der Waals surface area (Å²) in [5.41, 5.74) is 2.40. The van der Waals surface area contributed by atoms with Gasteiger partial charge in [-0.1, -0.05) is 67.6 Å². The van der Waals surface area contributed by atoms with E-state index in [4.69, 9.17) is 4.74 Å². The average Bonchev–Trinajstić information content (AvgIpc) is 3.16. The van der Waals surface area contributed by atoms with Gasteiger partial charge in [0.25, 0.3) is 11.8 Å². The summed E-state index contributed by atoms with van der Waals surface area (Å²) in [6.45, 7) is 1.86. The Morgan fingerprint density at radius 2 is 1.48 bits per heavy atom. The Kier molecular flexibility index (Phi) is 10.6. The Labute approximate surface area is 303 Å². The molecule has 0 heterocycles. The van der Waals surface area contributed by atoms with Crippen molar-refractivity contribution in [2.75, 3.05) is 17.7 Å². The van der Waals surface area contributed by atoms with Gasteiger partial charge in [0, 0.05) is 44.5 Å². The van der Waals surface area contributed by atoms with E-state index in [1.807, 2.05) is 6.92 Å². The summed E-state index contributed by atoms with van der Waals surface area (Å²) in [5, 5.41) is 17.7. The second-order valence-corrected chi connectivity index (χ2v) is 13.0. The van der Waals surface area contributed by atoms with Gasteiger partial charge in [-0.15, -0.1) is 11.8 Å². The minimum absolute atomic E-state index is 0.0285. The SMILES string of the molecule is CCC(Sc1cccc(NC(=O)/C(=C\c2ccc(O)cc2OC)NC(=O)c2ccccc2)c1)C(=O)Nc1cccc2c1C(=O)c1ccccc1C2=O. The lowest BCUT2D eigenvalue weighted by atomic mass is 9.83. The Morgan fingerprint density at radius 1 is 0.788 bits per heavy atom. The highest BCUT2D eigenvalue weighted by Gasteiger charge is 2.32. The van der Waals surface area contributed by atoms with Gasteiger partial charge >= 0.3 is 0 Å². The molecule has 11 heteroatoms. The number of phenolic OH excluding ortho intramolecular Hbond substituents is 1. The fraction of sp³-hybridized carbons (Fsp3) is 0.0976. The number of thioether (sulfide) groups is 1. The summed E-state index contributed by atoms with van der Waals surface area (Å²) in [4.78, 5) is 67.7. The van der Waals surface area contributed by atoms with Gasteiger partial charge in [0.1, 0.15) is 17.2 Å². The van der Waals surface area contributed by atoms with Crippen LogP contribution in [0.2, 0.25) is 0 Å². The van der Waals surface area contributed by atoms with Crippen LogP contribution in [0.5, 0.6) is 11.5 Å². The van der Waals surface area contributed by atoms with E-state index < -0.39 is 17.1 Å². The van der Waals surface area contributed by atoms with Crippen LogP contribution in [0.25, 0.3) is 6.08 Å². The molecule has 1 aliphatic rings. The molecular weight excluding hydrogens is 679 g/mol. The third-order valence-electron chi connectivity index (χ3n) is 8.29.